The Kier molecular flexibility index (Phi) is 4.12. The molecule has 0 aromatic heterocycles. The highest BCUT2D eigenvalue weighted by Crippen LogP contribution is 2.17. The molecule has 1 N–H and O–H groups in total. The fourth-order valence-corrected chi connectivity index (χ4v) is 1.42. The van der Waals surface area contributed by atoms with Gasteiger partial charge in [-0.25, -0.2) is 0 Å². The lowest BCUT2D eigenvalue weighted by Crippen LogP contribution is -2.13. The van der Waals surface area contributed by atoms with E-state index >= 15 is 0 Å². The SMILES string of the molecule is CNC(=O)/C=C\Sc1ccccc1. The van der Waals surface area contributed by atoms with Gasteiger partial charge in [0.15, 0.2) is 0 Å². The minimum absolute atomic E-state index is 0.0802. The number of carbonyl (C=O) groups excluding carboxylic acids is 1. The number of amides is 1. The number of thioether (sulfide) groups is 1. The van der Waals surface area contributed by atoms with Gasteiger partial charge in [-0.05, 0) is 17.5 Å². The molecule has 0 saturated heterocycles. The van der Waals surface area contributed by atoms with Crippen LogP contribution in [0.5, 0.6) is 0 Å². The minimum Gasteiger partial charge on any atom is -0.356 e. The van der Waals surface area contributed by atoms with Crippen LogP contribution in [0.4, 0.5) is 0 Å². The quantitative estimate of drug-likeness (QED) is 0.588. The number of carbonyl (C=O) groups is 1. The van der Waals surface area contributed by atoms with E-state index in [1.807, 2.05) is 30.3 Å². The summed E-state index contributed by atoms with van der Waals surface area (Å²) in [5, 5.41) is 4.28. The van der Waals surface area contributed by atoms with E-state index < -0.39 is 0 Å². The molecule has 0 atom stereocenters. The predicted molar refractivity (Wildman–Crippen MR) is 55.5 cm³/mol. The molecule has 1 aromatic carbocycles. The van der Waals surface area contributed by atoms with Crippen LogP contribution < -0.4 is 5.32 Å². The zero-order valence-electron chi connectivity index (χ0n) is 7.36. The second kappa shape index (κ2) is 5.43. The third-order valence-corrected chi connectivity index (χ3v) is 2.23. The van der Waals surface area contributed by atoms with E-state index in [0.29, 0.717) is 0 Å². The molecule has 0 bridgehead atoms. The molecule has 0 spiro atoms. The molecule has 1 amide bonds. The molecule has 68 valence electrons. The van der Waals surface area contributed by atoms with Crippen molar-refractivity contribution in [1.29, 1.82) is 0 Å². The van der Waals surface area contributed by atoms with Crippen LogP contribution in [-0.2, 0) is 4.79 Å². The normalized spacial score (nSPS) is 10.2. The molecule has 0 aliphatic heterocycles. The van der Waals surface area contributed by atoms with Gasteiger partial charge in [0.1, 0.15) is 0 Å². The van der Waals surface area contributed by atoms with E-state index in [1.165, 1.54) is 17.8 Å². The van der Waals surface area contributed by atoms with Crippen molar-refractivity contribution in [2.75, 3.05) is 7.05 Å². The highest BCUT2D eigenvalue weighted by atomic mass is 32.2. The summed E-state index contributed by atoms with van der Waals surface area (Å²) in [7, 11) is 1.61. The standard InChI is InChI=1S/C10H11NOS/c1-11-10(12)7-8-13-9-5-3-2-4-6-9/h2-8H,1H3,(H,11,12)/b8-7-. The molecular weight excluding hydrogens is 182 g/mol. The lowest BCUT2D eigenvalue weighted by molar-refractivity contribution is -0.116. The van der Waals surface area contributed by atoms with Crippen molar-refractivity contribution >= 4 is 17.7 Å². The summed E-state index contributed by atoms with van der Waals surface area (Å²) >= 11 is 1.52. The maximum atomic E-state index is 10.8. The minimum atomic E-state index is -0.0802. The van der Waals surface area contributed by atoms with E-state index in [4.69, 9.17) is 0 Å². The monoisotopic (exact) mass is 193 g/mol. The smallest absolute Gasteiger partial charge is 0.244 e. The zero-order valence-corrected chi connectivity index (χ0v) is 8.17. The van der Waals surface area contributed by atoms with Gasteiger partial charge in [0.05, 0.1) is 0 Å². The molecule has 0 fully saturated rings. The molecule has 2 nitrogen and oxygen atoms in total. The lowest BCUT2D eigenvalue weighted by atomic mass is 10.4. The summed E-state index contributed by atoms with van der Waals surface area (Å²) in [5.41, 5.74) is 0. The fourth-order valence-electron chi connectivity index (χ4n) is 0.757. The van der Waals surface area contributed by atoms with Crippen molar-refractivity contribution in [3.05, 3.63) is 41.8 Å². The molecule has 1 aromatic rings. The first-order valence-electron chi connectivity index (χ1n) is 3.93. The average molecular weight is 193 g/mol. The summed E-state index contributed by atoms with van der Waals surface area (Å²) in [4.78, 5) is 11.9. The maximum absolute atomic E-state index is 10.8. The molecule has 0 heterocycles. The number of benzene rings is 1. The maximum Gasteiger partial charge on any atom is 0.244 e. The van der Waals surface area contributed by atoms with Crippen molar-refractivity contribution in [3.8, 4) is 0 Å². The van der Waals surface area contributed by atoms with Crippen LogP contribution in [0.1, 0.15) is 0 Å². The summed E-state index contributed by atoms with van der Waals surface area (Å²) in [6.07, 6.45) is 1.51. The van der Waals surface area contributed by atoms with Crippen LogP contribution in [0.2, 0.25) is 0 Å². The van der Waals surface area contributed by atoms with Gasteiger partial charge in [-0.3, -0.25) is 4.79 Å². The Labute approximate surface area is 82.0 Å². The summed E-state index contributed by atoms with van der Waals surface area (Å²) in [6.45, 7) is 0. The third-order valence-electron chi connectivity index (χ3n) is 1.41. The lowest BCUT2D eigenvalue weighted by Gasteiger charge is -1.93. The van der Waals surface area contributed by atoms with Crippen molar-refractivity contribution in [2.24, 2.45) is 0 Å². The van der Waals surface area contributed by atoms with Gasteiger partial charge in [0, 0.05) is 18.0 Å². The van der Waals surface area contributed by atoms with Crippen LogP contribution in [0, 0.1) is 0 Å². The number of hydrogen-bond acceptors (Lipinski definition) is 2. The van der Waals surface area contributed by atoms with E-state index in [2.05, 4.69) is 5.32 Å². The largest absolute Gasteiger partial charge is 0.356 e. The van der Waals surface area contributed by atoms with E-state index in [-0.39, 0.29) is 5.91 Å². The van der Waals surface area contributed by atoms with Crippen molar-refractivity contribution in [3.63, 3.8) is 0 Å². The first-order chi connectivity index (χ1) is 6.33. The van der Waals surface area contributed by atoms with E-state index in [0.717, 1.165) is 4.90 Å². The highest BCUT2D eigenvalue weighted by Gasteiger charge is 1.89. The zero-order chi connectivity index (χ0) is 9.52. The summed E-state index contributed by atoms with van der Waals surface area (Å²) < 4.78 is 0. The molecule has 0 saturated carbocycles. The number of rotatable bonds is 3. The van der Waals surface area contributed by atoms with E-state index in [1.54, 1.807) is 12.5 Å². The second-order valence-corrected chi connectivity index (χ2v) is 3.33. The Morgan fingerprint density at radius 1 is 1.38 bits per heavy atom. The molecule has 0 unspecified atom stereocenters. The first kappa shape index (κ1) is 9.86. The Balaban J connectivity index is 2.44. The third kappa shape index (κ3) is 3.80. The van der Waals surface area contributed by atoms with Gasteiger partial charge in [0.25, 0.3) is 0 Å². The van der Waals surface area contributed by atoms with Gasteiger partial charge in [-0.2, -0.15) is 0 Å². The van der Waals surface area contributed by atoms with Gasteiger partial charge in [-0.15, -0.1) is 0 Å². The Morgan fingerprint density at radius 2 is 2.08 bits per heavy atom. The van der Waals surface area contributed by atoms with Crippen LogP contribution in [0.3, 0.4) is 0 Å². The van der Waals surface area contributed by atoms with Crippen LogP contribution in [-0.4, -0.2) is 13.0 Å². The number of likely N-dealkylation sites (N-methyl/N-ethyl adjacent to an activating group) is 1. The van der Waals surface area contributed by atoms with Gasteiger partial charge < -0.3 is 5.32 Å². The fraction of sp³-hybridized carbons (Fsp3) is 0.100. The van der Waals surface area contributed by atoms with Gasteiger partial charge in [-0.1, -0.05) is 30.0 Å². The van der Waals surface area contributed by atoms with Gasteiger partial charge >= 0.3 is 0 Å². The molecule has 1 rings (SSSR count). The second-order valence-electron chi connectivity index (χ2n) is 2.35. The molecule has 0 radical (unpaired) electrons. The predicted octanol–water partition coefficient (Wildman–Crippen LogP) is 2.04. The van der Waals surface area contributed by atoms with Crippen LogP contribution in [0.15, 0.2) is 46.7 Å². The van der Waals surface area contributed by atoms with Gasteiger partial charge in [0.2, 0.25) is 5.91 Å². The molecule has 0 aliphatic rings. The highest BCUT2D eigenvalue weighted by molar-refractivity contribution is 8.02. The van der Waals surface area contributed by atoms with Crippen molar-refractivity contribution in [2.45, 2.75) is 4.90 Å². The van der Waals surface area contributed by atoms with Crippen LogP contribution >= 0.6 is 11.8 Å². The van der Waals surface area contributed by atoms with Crippen molar-refractivity contribution in [1.82, 2.24) is 5.32 Å². The number of hydrogen-bond donors (Lipinski definition) is 1. The number of nitrogens with one attached hydrogen (secondary N) is 1. The molecule has 3 heteroatoms. The van der Waals surface area contributed by atoms with Crippen molar-refractivity contribution < 1.29 is 4.79 Å². The molecule has 0 aliphatic carbocycles. The summed E-state index contributed by atoms with van der Waals surface area (Å²) in [5.74, 6) is -0.0802. The summed E-state index contributed by atoms with van der Waals surface area (Å²) in [6, 6.07) is 9.90. The first-order valence-corrected chi connectivity index (χ1v) is 4.81. The van der Waals surface area contributed by atoms with E-state index in [9.17, 15) is 4.79 Å². The molecule has 13 heavy (non-hydrogen) atoms. The van der Waals surface area contributed by atoms with Crippen LogP contribution in [0.25, 0.3) is 0 Å². The Morgan fingerprint density at radius 3 is 2.69 bits per heavy atom. The molecular formula is C10H11NOS. The topological polar surface area (TPSA) is 29.1 Å². The Hall–Kier alpha value is -1.22. The average Bonchev–Trinajstić information content (AvgIpc) is 2.19. The Bertz CT molecular complexity index is 295.